The number of aromatic nitrogens is 4. The van der Waals surface area contributed by atoms with E-state index in [1.54, 1.807) is 24.5 Å². The zero-order chi connectivity index (χ0) is 17.6. The third kappa shape index (κ3) is 4.06. The highest BCUT2D eigenvalue weighted by atomic mass is 32.2. The van der Waals surface area contributed by atoms with Crippen LogP contribution in [0.25, 0.3) is 11.4 Å². The minimum absolute atomic E-state index is 0.0407. The number of carbonyl (C=O) groups excluding carboxylic acids is 1. The van der Waals surface area contributed by atoms with Crippen LogP contribution >= 0.6 is 11.8 Å². The molecule has 0 radical (unpaired) electrons. The molecule has 2 heterocycles. The summed E-state index contributed by atoms with van der Waals surface area (Å²) in [6.07, 6.45) is 3.45. The average molecular weight is 354 g/mol. The molecule has 0 atom stereocenters. The minimum atomic E-state index is 0.0407. The Morgan fingerprint density at radius 2 is 2.00 bits per heavy atom. The molecule has 0 aliphatic heterocycles. The van der Waals surface area contributed by atoms with E-state index in [4.69, 9.17) is 4.74 Å². The molecule has 3 rings (SSSR count). The fourth-order valence-corrected chi connectivity index (χ4v) is 3.11. The van der Waals surface area contributed by atoms with E-state index in [2.05, 4.69) is 15.2 Å². The van der Waals surface area contributed by atoms with Gasteiger partial charge in [-0.15, -0.1) is 10.2 Å². The van der Waals surface area contributed by atoms with Gasteiger partial charge in [0, 0.05) is 30.6 Å². The van der Waals surface area contributed by atoms with Crippen molar-refractivity contribution >= 4 is 17.5 Å². The van der Waals surface area contributed by atoms with Gasteiger partial charge in [0.25, 0.3) is 0 Å². The van der Waals surface area contributed by atoms with Crippen LogP contribution in [-0.2, 0) is 7.05 Å². The zero-order valence-corrected chi connectivity index (χ0v) is 14.9. The zero-order valence-electron chi connectivity index (χ0n) is 14.0. The largest absolute Gasteiger partial charge is 0.494 e. The minimum Gasteiger partial charge on any atom is -0.494 e. The molecular formula is C18H18N4O2S. The summed E-state index contributed by atoms with van der Waals surface area (Å²) in [5.41, 5.74) is 1.55. The Bertz CT molecular complexity index is 847. The fraction of sp³-hybridized carbons (Fsp3) is 0.222. The molecule has 0 spiro atoms. The molecule has 7 heteroatoms. The standard InChI is InChI=1S/C18H18N4O2S/c1-3-24-15-8-6-13(7-9-15)16(23)12-25-18-21-20-17(22(18)2)14-5-4-10-19-11-14/h4-11H,3,12H2,1-2H3. The Kier molecular flexibility index (Phi) is 5.45. The molecule has 2 aromatic heterocycles. The van der Waals surface area contributed by atoms with Gasteiger partial charge in [0.2, 0.25) is 0 Å². The lowest BCUT2D eigenvalue weighted by Gasteiger charge is -2.05. The highest BCUT2D eigenvalue weighted by Crippen LogP contribution is 2.23. The van der Waals surface area contributed by atoms with Crippen molar-refractivity contribution in [2.45, 2.75) is 12.1 Å². The van der Waals surface area contributed by atoms with E-state index in [0.717, 1.165) is 17.1 Å². The van der Waals surface area contributed by atoms with Crippen LogP contribution < -0.4 is 4.74 Å². The van der Waals surface area contributed by atoms with Gasteiger partial charge in [-0.05, 0) is 43.3 Å². The Balaban J connectivity index is 1.65. The Morgan fingerprint density at radius 3 is 2.68 bits per heavy atom. The van der Waals surface area contributed by atoms with Crippen LogP contribution in [0.5, 0.6) is 5.75 Å². The first-order chi connectivity index (χ1) is 12.2. The molecular weight excluding hydrogens is 336 g/mol. The Labute approximate surface area is 150 Å². The number of ketones is 1. The quantitative estimate of drug-likeness (QED) is 0.479. The van der Waals surface area contributed by atoms with E-state index < -0.39 is 0 Å². The van der Waals surface area contributed by atoms with Gasteiger partial charge in [-0.25, -0.2) is 0 Å². The molecule has 0 aliphatic rings. The lowest BCUT2D eigenvalue weighted by molar-refractivity contribution is 0.102. The maximum absolute atomic E-state index is 12.3. The van der Waals surface area contributed by atoms with Crippen molar-refractivity contribution in [3.05, 3.63) is 54.4 Å². The second kappa shape index (κ2) is 7.94. The first-order valence-corrected chi connectivity index (χ1v) is 8.86. The van der Waals surface area contributed by atoms with Gasteiger partial charge >= 0.3 is 0 Å². The van der Waals surface area contributed by atoms with Crippen molar-refractivity contribution in [3.8, 4) is 17.1 Å². The molecule has 0 amide bonds. The molecule has 0 aliphatic carbocycles. The summed E-state index contributed by atoms with van der Waals surface area (Å²) in [6, 6.07) is 11.0. The average Bonchev–Trinajstić information content (AvgIpc) is 3.02. The van der Waals surface area contributed by atoms with E-state index in [1.165, 1.54) is 11.8 Å². The molecule has 0 N–H and O–H groups in total. The van der Waals surface area contributed by atoms with Gasteiger partial charge in [0.05, 0.1) is 12.4 Å². The van der Waals surface area contributed by atoms with E-state index in [0.29, 0.717) is 23.1 Å². The summed E-state index contributed by atoms with van der Waals surface area (Å²) in [5, 5.41) is 9.06. The first-order valence-electron chi connectivity index (χ1n) is 7.87. The molecule has 0 fully saturated rings. The number of Topliss-reactive ketones (excluding diaryl/α,β-unsaturated/α-hetero) is 1. The number of pyridine rings is 1. The van der Waals surface area contributed by atoms with Crippen molar-refractivity contribution in [1.29, 1.82) is 0 Å². The van der Waals surface area contributed by atoms with Crippen LogP contribution in [0.15, 0.2) is 53.9 Å². The van der Waals surface area contributed by atoms with Crippen molar-refractivity contribution in [1.82, 2.24) is 19.7 Å². The molecule has 1 aromatic carbocycles. The van der Waals surface area contributed by atoms with E-state index in [9.17, 15) is 4.79 Å². The summed E-state index contributed by atoms with van der Waals surface area (Å²) in [7, 11) is 1.88. The Hall–Kier alpha value is -2.67. The molecule has 0 unspecified atom stereocenters. The van der Waals surface area contributed by atoms with Gasteiger partial charge in [0.15, 0.2) is 16.8 Å². The van der Waals surface area contributed by atoms with Crippen LogP contribution in [-0.4, -0.2) is 37.9 Å². The normalized spacial score (nSPS) is 10.6. The maximum Gasteiger partial charge on any atom is 0.191 e. The number of carbonyl (C=O) groups is 1. The highest BCUT2D eigenvalue weighted by molar-refractivity contribution is 7.99. The summed E-state index contributed by atoms with van der Waals surface area (Å²) < 4.78 is 7.26. The van der Waals surface area contributed by atoms with E-state index in [-0.39, 0.29) is 5.78 Å². The molecule has 128 valence electrons. The molecule has 0 saturated heterocycles. The van der Waals surface area contributed by atoms with Gasteiger partial charge in [-0.2, -0.15) is 0 Å². The highest BCUT2D eigenvalue weighted by Gasteiger charge is 2.14. The predicted molar refractivity (Wildman–Crippen MR) is 96.9 cm³/mol. The number of hydrogen-bond donors (Lipinski definition) is 0. The van der Waals surface area contributed by atoms with Crippen molar-refractivity contribution in [3.63, 3.8) is 0 Å². The lowest BCUT2D eigenvalue weighted by atomic mass is 10.1. The fourth-order valence-electron chi connectivity index (χ4n) is 2.30. The van der Waals surface area contributed by atoms with E-state index in [1.807, 2.05) is 42.8 Å². The van der Waals surface area contributed by atoms with Crippen LogP contribution in [0.2, 0.25) is 0 Å². The molecule has 6 nitrogen and oxygen atoms in total. The SMILES string of the molecule is CCOc1ccc(C(=O)CSc2nnc(-c3cccnc3)n2C)cc1. The van der Waals surface area contributed by atoms with Crippen molar-refractivity contribution in [2.24, 2.45) is 7.05 Å². The van der Waals surface area contributed by atoms with Gasteiger partial charge in [0.1, 0.15) is 5.75 Å². The van der Waals surface area contributed by atoms with Crippen LogP contribution in [0.1, 0.15) is 17.3 Å². The van der Waals surface area contributed by atoms with Crippen molar-refractivity contribution in [2.75, 3.05) is 12.4 Å². The molecule has 0 saturated carbocycles. The van der Waals surface area contributed by atoms with Gasteiger partial charge < -0.3 is 9.30 Å². The summed E-state index contributed by atoms with van der Waals surface area (Å²) >= 11 is 1.37. The topological polar surface area (TPSA) is 69.9 Å². The number of rotatable bonds is 7. The smallest absolute Gasteiger partial charge is 0.191 e. The summed E-state index contributed by atoms with van der Waals surface area (Å²) in [4.78, 5) is 16.4. The monoisotopic (exact) mass is 354 g/mol. The summed E-state index contributed by atoms with van der Waals surface area (Å²) in [6.45, 7) is 2.53. The predicted octanol–water partition coefficient (Wildman–Crippen LogP) is 3.25. The van der Waals surface area contributed by atoms with E-state index >= 15 is 0 Å². The van der Waals surface area contributed by atoms with Crippen LogP contribution in [0.3, 0.4) is 0 Å². The molecule has 3 aromatic rings. The van der Waals surface area contributed by atoms with Crippen LogP contribution in [0.4, 0.5) is 0 Å². The van der Waals surface area contributed by atoms with Gasteiger partial charge in [-0.1, -0.05) is 11.8 Å². The number of benzene rings is 1. The number of nitrogens with zero attached hydrogens (tertiary/aromatic N) is 4. The third-order valence-electron chi connectivity index (χ3n) is 3.57. The maximum atomic E-state index is 12.3. The van der Waals surface area contributed by atoms with Crippen molar-refractivity contribution < 1.29 is 9.53 Å². The third-order valence-corrected chi connectivity index (χ3v) is 4.59. The number of hydrogen-bond acceptors (Lipinski definition) is 6. The van der Waals surface area contributed by atoms with Gasteiger partial charge in [-0.3, -0.25) is 9.78 Å². The number of thioether (sulfide) groups is 1. The second-order valence-electron chi connectivity index (χ2n) is 5.28. The lowest BCUT2D eigenvalue weighted by Crippen LogP contribution is -2.04. The summed E-state index contributed by atoms with van der Waals surface area (Å²) in [5.74, 6) is 1.83. The van der Waals surface area contributed by atoms with Crippen LogP contribution in [0, 0.1) is 0 Å². The molecule has 0 bridgehead atoms. The first kappa shape index (κ1) is 17.2. The Morgan fingerprint density at radius 1 is 1.20 bits per heavy atom. The number of ether oxygens (including phenoxy) is 1. The molecule has 25 heavy (non-hydrogen) atoms. The second-order valence-corrected chi connectivity index (χ2v) is 6.22.